The van der Waals surface area contributed by atoms with E-state index in [1.54, 1.807) is 0 Å². The van der Waals surface area contributed by atoms with Gasteiger partial charge in [0.2, 0.25) is 10.0 Å². The van der Waals surface area contributed by atoms with Gasteiger partial charge in [-0.3, -0.25) is 0 Å². The third kappa shape index (κ3) is 4.08. The van der Waals surface area contributed by atoms with Crippen molar-refractivity contribution in [3.63, 3.8) is 0 Å². The van der Waals surface area contributed by atoms with Crippen molar-refractivity contribution in [2.45, 2.75) is 17.7 Å². The zero-order valence-corrected chi connectivity index (χ0v) is 8.78. The predicted octanol–water partition coefficient (Wildman–Crippen LogP) is 0.709. The first-order chi connectivity index (χ1) is 4.99. The van der Waals surface area contributed by atoms with Gasteiger partial charge in [-0.25, -0.2) is 13.1 Å². The summed E-state index contributed by atoms with van der Waals surface area (Å²) >= 11 is 3.43. The van der Waals surface area contributed by atoms with Crippen molar-refractivity contribution < 1.29 is 8.42 Å². The van der Waals surface area contributed by atoms with Crippen LogP contribution in [0.4, 0.5) is 0 Å². The molecule has 0 bridgehead atoms. The van der Waals surface area contributed by atoms with E-state index in [9.17, 15) is 8.42 Å². The number of sulfonamides is 1. The summed E-state index contributed by atoms with van der Waals surface area (Å²) in [5, 5.41) is 0. The molecule has 0 aliphatic heterocycles. The van der Waals surface area contributed by atoms with Crippen LogP contribution in [0.25, 0.3) is 0 Å². The predicted molar refractivity (Wildman–Crippen MR) is 48.3 cm³/mol. The van der Waals surface area contributed by atoms with Crippen molar-refractivity contribution in [2.75, 3.05) is 12.8 Å². The molecule has 1 atom stereocenters. The molecule has 1 aliphatic rings. The lowest BCUT2D eigenvalue weighted by Gasteiger charge is -2.07. The quantitative estimate of drug-likeness (QED) is 0.738. The van der Waals surface area contributed by atoms with Gasteiger partial charge in [0, 0.05) is 11.4 Å². The summed E-state index contributed by atoms with van der Waals surface area (Å²) in [6.45, 7) is 0.517. The van der Waals surface area contributed by atoms with Gasteiger partial charge in [0.15, 0.2) is 0 Å². The number of hydrogen-bond donors (Lipinski definition) is 1. The molecule has 1 aliphatic carbocycles. The van der Waals surface area contributed by atoms with E-state index in [2.05, 4.69) is 20.7 Å². The summed E-state index contributed by atoms with van der Waals surface area (Å²) in [6, 6.07) is 0. The summed E-state index contributed by atoms with van der Waals surface area (Å²) in [7, 11) is -3.00. The second-order valence-corrected chi connectivity index (χ2v) is 5.98. The SMILES string of the molecule is CS(=O)(=O)NCC(Br)C1CC1. The lowest BCUT2D eigenvalue weighted by molar-refractivity contribution is 0.584. The maximum Gasteiger partial charge on any atom is 0.208 e. The molecule has 66 valence electrons. The van der Waals surface area contributed by atoms with E-state index in [1.807, 2.05) is 0 Å². The first-order valence-corrected chi connectivity index (χ1v) is 6.38. The van der Waals surface area contributed by atoms with Crippen LogP contribution in [0.1, 0.15) is 12.8 Å². The Morgan fingerprint density at radius 1 is 1.64 bits per heavy atom. The average Bonchev–Trinajstić information content (AvgIpc) is 2.61. The van der Waals surface area contributed by atoms with Crippen LogP contribution in [0.2, 0.25) is 0 Å². The molecule has 11 heavy (non-hydrogen) atoms. The van der Waals surface area contributed by atoms with Crippen LogP contribution in [0, 0.1) is 5.92 Å². The van der Waals surface area contributed by atoms with Gasteiger partial charge >= 0.3 is 0 Å². The van der Waals surface area contributed by atoms with Crippen molar-refractivity contribution in [2.24, 2.45) is 5.92 Å². The van der Waals surface area contributed by atoms with Gasteiger partial charge in [0.1, 0.15) is 0 Å². The van der Waals surface area contributed by atoms with Crippen LogP contribution in [0.5, 0.6) is 0 Å². The minimum atomic E-state index is -3.00. The van der Waals surface area contributed by atoms with Gasteiger partial charge in [-0.05, 0) is 18.8 Å². The Hall–Kier alpha value is 0.390. The Labute approximate surface area is 75.7 Å². The molecule has 1 unspecified atom stereocenters. The molecule has 0 aromatic rings. The average molecular weight is 242 g/mol. The van der Waals surface area contributed by atoms with Crippen molar-refractivity contribution in [3.8, 4) is 0 Å². The van der Waals surface area contributed by atoms with E-state index in [-0.39, 0.29) is 0 Å². The fourth-order valence-electron chi connectivity index (χ4n) is 0.856. The molecule has 1 N–H and O–H groups in total. The van der Waals surface area contributed by atoms with Gasteiger partial charge < -0.3 is 0 Å². The van der Waals surface area contributed by atoms with Crippen molar-refractivity contribution in [3.05, 3.63) is 0 Å². The van der Waals surface area contributed by atoms with E-state index in [0.29, 0.717) is 17.3 Å². The van der Waals surface area contributed by atoms with Crippen LogP contribution in [0.3, 0.4) is 0 Å². The van der Waals surface area contributed by atoms with E-state index < -0.39 is 10.0 Å². The maximum absolute atomic E-state index is 10.6. The van der Waals surface area contributed by atoms with Gasteiger partial charge in [0.05, 0.1) is 6.26 Å². The molecule has 0 amide bonds. The topological polar surface area (TPSA) is 46.2 Å². The smallest absolute Gasteiger partial charge is 0.208 e. The van der Waals surface area contributed by atoms with Crippen LogP contribution >= 0.6 is 15.9 Å². The highest BCUT2D eigenvalue weighted by atomic mass is 79.9. The lowest BCUT2D eigenvalue weighted by atomic mass is 10.3. The molecular weight excluding hydrogens is 230 g/mol. The number of hydrogen-bond acceptors (Lipinski definition) is 2. The molecule has 1 rings (SSSR count). The minimum absolute atomic E-state index is 0.317. The first-order valence-electron chi connectivity index (χ1n) is 3.58. The second kappa shape index (κ2) is 3.41. The van der Waals surface area contributed by atoms with Crippen LogP contribution in [-0.4, -0.2) is 26.0 Å². The monoisotopic (exact) mass is 241 g/mol. The second-order valence-electron chi connectivity index (χ2n) is 2.97. The van der Waals surface area contributed by atoms with E-state index in [1.165, 1.54) is 19.1 Å². The van der Waals surface area contributed by atoms with E-state index >= 15 is 0 Å². The molecule has 1 fully saturated rings. The zero-order valence-electron chi connectivity index (χ0n) is 6.38. The number of halogens is 1. The van der Waals surface area contributed by atoms with E-state index in [4.69, 9.17) is 0 Å². The molecule has 5 heteroatoms. The van der Waals surface area contributed by atoms with Crippen LogP contribution in [0.15, 0.2) is 0 Å². The minimum Gasteiger partial charge on any atom is -0.214 e. The number of nitrogens with one attached hydrogen (secondary N) is 1. The summed E-state index contributed by atoms with van der Waals surface area (Å²) in [5.41, 5.74) is 0. The molecule has 0 saturated heterocycles. The van der Waals surface area contributed by atoms with Gasteiger partial charge in [-0.15, -0.1) is 0 Å². The summed E-state index contributed by atoms with van der Waals surface area (Å²) in [4.78, 5) is 0.317. The molecule has 1 saturated carbocycles. The number of rotatable bonds is 4. The first kappa shape index (κ1) is 9.48. The third-order valence-corrected chi connectivity index (χ3v) is 3.44. The van der Waals surface area contributed by atoms with Gasteiger partial charge in [-0.1, -0.05) is 15.9 Å². The molecular formula is C6H12BrNO2S. The molecule has 0 aromatic carbocycles. The lowest BCUT2D eigenvalue weighted by Crippen LogP contribution is -2.29. The fraction of sp³-hybridized carbons (Fsp3) is 1.00. The molecule has 0 spiro atoms. The molecule has 0 radical (unpaired) electrons. The molecule has 0 aromatic heterocycles. The third-order valence-electron chi connectivity index (χ3n) is 1.67. The van der Waals surface area contributed by atoms with Crippen LogP contribution < -0.4 is 4.72 Å². The van der Waals surface area contributed by atoms with Crippen molar-refractivity contribution >= 4 is 26.0 Å². The van der Waals surface area contributed by atoms with Gasteiger partial charge in [-0.2, -0.15) is 0 Å². The van der Waals surface area contributed by atoms with Gasteiger partial charge in [0.25, 0.3) is 0 Å². The highest BCUT2D eigenvalue weighted by molar-refractivity contribution is 9.09. The highest BCUT2D eigenvalue weighted by Crippen LogP contribution is 2.36. The standard InChI is InChI=1S/C6H12BrNO2S/c1-11(9,10)8-4-6(7)5-2-3-5/h5-6,8H,2-4H2,1H3. The van der Waals surface area contributed by atoms with Crippen molar-refractivity contribution in [1.82, 2.24) is 4.72 Å². The largest absolute Gasteiger partial charge is 0.214 e. The maximum atomic E-state index is 10.6. The Bertz CT molecular complexity index is 223. The zero-order chi connectivity index (χ0) is 8.48. The van der Waals surface area contributed by atoms with E-state index in [0.717, 1.165) is 0 Å². The highest BCUT2D eigenvalue weighted by Gasteiger charge is 2.29. The Kier molecular flexibility index (Phi) is 2.94. The summed E-state index contributed by atoms with van der Waals surface area (Å²) in [6.07, 6.45) is 3.63. The Balaban J connectivity index is 2.21. The van der Waals surface area contributed by atoms with Crippen molar-refractivity contribution in [1.29, 1.82) is 0 Å². The molecule has 0 heterocycles. The number of alkyl halides is 1. The normalized spacial score (nSPS) is 21.6. The summed E-state index contributed by atoms with van der Waals surface area (Å²) < 4.78 is 23.8. The molecule has 3 nitrogen and oxygen atoms in total. The summed E-state index contributed by atoms with van der Waals surface area (Å²) in [5.74, 6) is 0.684. The fourth-order valence-corrected chi connectivity index (χ4v) is 2.24. The Morgan fingerprint density at radius 3 is 2.55 bits per heavy atom. The Morgan fingerprint density at radius 2 is 2.18 bits per heavy atom. The van der Waals surface area contributed by atoms with Crippen LogP contribution in [-0.2, 0) is 10.0 Å².